The minimum absolute atomic E-state index is 0.0294. The lowest BCUT2D eigenvalue weighted by Gasteiger charge is -2.14. The number of esters is 1. The van der Waals surface area contributed by atoms with Crippen molar-refractivity contribution in [3.63, 3.8) is 0 Å². The molecule has 6 heteroatoms. The molecule has 0 amide bonds. The minimum atomic E-state index is -5.05. The van der Waals surface area contributed by atoms with Crippen LogP contribution in [0.25, 0.3) is 0 Å². The predicted octanol–water partition coefficient (Wildman–Crippen LogP) is 1.41. The van der Waals surface area contributed by atoms with Crippen LogP contribution in [-0.4, -0.2) is 12.9 Å². The van der Waals surface area contributed by atoms with Crippen molar-refractivity contribution in [1.29, 1.82) is 0 Å². The van der Waals surface area contributed by atoms with Crippen molar-refractivity contribution < 1.29 is 22.5 Å². The molecule has 0 aromatic heterocycles. The topological polar surface area (TPSA) is 26.3 Å². The van der Waals surface area contributed by atoms with E-state index in [9.17, 15) is 17.7 Å². The summed E-state index contributed by atoms with van der Waals surface area (Å²) in [7, 11) is 0. The minimum Gasteiger partial charge on any atom is -0.457 e. The highest BCUT2D eigenvalue weighted by Crippen LogP contribution is 2.20. The van der Waals surface area contributed by atoms with E-state index in [1.165, 1.54) is 6.07 Å². The molecule has 0 saturated heterocycles. The molecule has 2 rings (SSSR count). The van der Waals surface area contributed by atoms with Gasteiger partial charge in [-0.2, -0.15) is 0 Å². The molecule has 74 valence electrons. The number of benzene rings is 1. The van der Waals surface area contributed by atoms with Gasteiger partial charge in [0.2, 0.25) is 0 Å². The van der Waals surface area contributed by atoms with E-state index in [2.05, 4.69) is 4.74 Å². The fraction of sp³-hybridized carbons (Fsp3) is 0.125. The van der Waals surface area contributed by atoms with Gasteiger partial charge in [0.25, 0.3) is 0 Å². The van der Waals surface area contributed by atoms with E-state index >= 15 is 0 Å². The van der Waals surface area contributed by atoms with Crippen LogP contribution in [0.1, 0.15) is 15.9 Å². The van der Waals surface area contributed by atoms with E-state index in [0.29, 0.717) is 5.56 Å². The Hall–Kier alpha value is -1.46. The highest BCUT2D eigenvalue weighted by Gasteiger charge is 2.29. The average Bonchev–Trinajstić information content (AvgIpc) is 2.46. The molecule has 0 radical (unpaired) electrons. The number of cyclic esters (lactones) is 1. The maximum absolute atomic E-state index is 12.3. The molecule has 1 aliphatic rings. The molecule has 1 heterocycles. The van der Waals surface area contributed by atoms with Gasteiger partial charge in [-0.15, -0.1) is 5.46 Å². The first-order valence-electron chi connectivity index (χ1n) is 3.98. The average molecular weight is 201 g/mol. The zero-order chi connectivity index (χ0) is 10.3. The predicted molar refractivity (Wildman–Crippen MR) is 44.3 cm³/mol. The van der Waals surface area contributed by atoms with Crippen LogP contribution in [0.2, 0.25) is 0 Å². The van der Waals surface area contributed by atoms with Crippen molar-refractivity contribution >= 4 is 18.4 Å². The quantitative estimate of drug-likeness (QED) is 0.507. The second kappa shape index (κ2) is 2.77. The van der Waals surface area contributed by atoms with E-state index in [4.69, 9.17) is 0 Å². The van der Waals surface area contributed by atoms with Gasteiger partial charge in [0, 0.05) is 5.56 Å². The molecule has 1 aliphatic heterocycles. The number of hydrogen-bond donors (Lipinski definition) is 0. The Morgan fingerprint density at radius 2 is 2.00 bits per heavy atom. The monoisotopic (exact) mass is 201 g/mol. The van der Waals surface area contributed by atoms with Crippen molar-refractivity contribution in [3.05, 3.63) is 29.3 Å². The summed E-state index contributed by atoms with van der Waals surface area (Å²) in [4.78, 5) is 11.0. The molecule has 2 nitrogen and oxygen atoms in total. The van der Waals surface area contributed by atoms with Gasteiger partial charge in [0.05, 0.1) is 5.56 Å². The summed E-state index contributed by atoms with van der Waals surface area (Å²) in [5.74, 6) is -0.679. The van der Waals surface area contributed by atoms with Gasteiger partial charge >= 0.3 is 12.9 Å². The highest BCUT2D eigenvalue weighted by molar-refractivity contribution is 6.73. The maximum Gasteiger partial charge on any atom is 0.509 e. The number of rotatable bonds is 1. The third kappa shape index (κ3) is 1.36. The van der Waals surface area contributed by atoms with Crippen LogP contribution < -0.4 is 5.46 Å². The highest BCUT2D eigenvalue weighted by atomic mass is 19.4. The third-order valence-electron chi connectivity index (χ3n) is 2.09. The van der Waals surface area contributed by atoms with E-state index in [0.717, 1.165) is 12.1 Å². The van der Waals surface area contributed by atoms with E-state index in [1.807, 2.05) is 0 Å². The van der Waals surface area contributed by atoms with Crippen molar-refractivity contribution in [1.82, 2.24) is 0 Å². The second-order valence-corrected chi connectivity index (χ2v) is 3.07. The number of halogens is 3. The smallest absolute Gasteiger partial charge is 0.457 e. The maximum atomic E-state index is 12.3. The molecule has 0 unspecified atom stereocenters. The largest absolute Gasteiger partial charge is 0.509 e. The van der Waals surface area contributed by atoms with Gasteiger partial charge in [-0.3, -0.25) is 0 Å². The first kappa shape index (κ1) is 9.11. The van der Waals surface area contributed by atoms with Crippen LogP contribution in [0.15, 0.2) is 18.2 Å². The van der Waals surface area contributed by atoms with Crippen molar-refractivity contribution in [3.8, 4) is 0 Å². The lowest BCUT2D eigenvalue weighted by molar-refractivity contribution is 0.0535. The molecule has 0 aliphatic carbocycles. The number of hydrogen-bond acceptors (Lipinski definition) is 2. The van der Waals surface area contributed by atoms with Crippen molar-refractivity contribution in [2.45, 2.75) is 6.61 Å². The summed E-state index contributed by atoms with van der Waals surface area (Å²) >= 11 is 0. The summed E-state index contributed by atoms with van der Waals surface area (Å²) in [6, 6.07) is 3.11. The van der Waals surface area contributed by atoms with Gasteiger partial charge in [0.1, 0.15) is 6.61 Å². The van der Waals surface area contributed by atoms with Crippen molar-refractivity contribution in [2.75, 3.05) is 0 Å². The summed E-state index contributed by atoms with van der Waals surface area (Å²) in [5.41, 5.74) is -0.219. The molecule has 0 bridgehead atoms. The summed E-state index contributed by atoms with van der Waals surface area (Å²) < 4.78 is 41.5. The Morgan fingerprint density at radius 3 is 2.64 bits per heavy atom. The van der Waals surface area contributed by atoms with E-state index in [-0.39, 0.29) is 12.2 Å². The zero-order valence-electron chi connectivity index (χ0n) is 6.97. The first-order chi connectivity index (χ1) is 6.48. The molecule has 0 atom stereocenters. The molecule has 0 spiro atoms. The molecular formula is C8H5BF3O2-. The SMILES string of the molecule is O=C1OCc2ccc([B-](F)(F)F)cc21. The molecule has 1 aromatic rings. The molecule has 14 heavy (non-hydrogen) atoms. The Morgan fingerprint density at radius 1 is 1.29 bits per heavy atom. The number of carbonyl (C=O) groups excluding carboxylic acids is 1. The van der Waals surface area contributed by atoms with Crippen LogP contribution in [0, 0.1) is 0 Å². The summed E-state index contributed by atoms with van der Waals surface area (Å²) in [5, 5.41) is 0. The number of fused-ring (bicyclic) bond motifs is 1. The molecular weight excluding hydrogens is 196 g/mol. The van der Waals surface area contributed by atoms with Gasteiger partial charge < -0.3 is 17.7 Å². The zero-order valence-corrected chi connectivity index (χ0v) is 6.97. The first-order valence-corrected chi connectivity index (χ1v) is 3.98. The van der Waals surface area contributed by atoms with Crippen LogP contribution in [0.5, 0.6) is 0 Å². The Labute approximate surface area is 77.7 Å². The lowest BCUT2D eigenvalue weighted by atomic mass is 9.79. The molecule has 0 fully saturated rings. The van der Waals surface area contributed by atoms with Gasteiger partial charge in [0.15, 0.2) is 0 Å². The Balaban J connectivity index is 2.50. The summed E-state index contributed by atoms with van der Waals surface area (Å²) in [6.45, 7) is -4.98. The van der Waals surface area contributed by atoms with Crippen LogP contribution in [0.4, 0.5) is 12.9 Å². The fourth-order valence-corrected chi connectivity index (χ4v) is 1.33. The molecule has 1 aromatic carbocycles. The molecule has 0 N–H and O–H groups in total. The second-order valence-electron chi connectivity index (χ2n) is 3.07. The lowest BCUT2D eigenvalue weighted by Crippen LogP contribution is -2.34. The van der Waals surface area contributed by atoms with Gasteiger partial charge in [-0.05, 0) is 0 Å². The Bertz CT molecular complexity index is 400. The van der Waals surface area contributed by atoms with Crippen molar-refractivity contribution in [2.24, 2.45) is 0 Å². The molecule has 0 saturated carbocycles. The summed E-state index contributed by atoms with van der Waals surface area (Å²) in [6.07, 6.45) is 0. The van der Waals surface area contributed by atoms with E-state index < -0.39 is 18.4 Å². The van der Waals surface area contributed by atoms with Crippen LogP contribution in [0.3, 0.4) is 0 Å². The van der Waals surface area contributed by atoms with Gasteiger partial charge in [-0.25, -0.2) is 4.79 Å². The van der Waals surface area contributed by atoms with Crippen LogP contribution >= 0.6 is 0 Å². The number of carbonyl (C=O) groups is 1. The normalized spacial score (nSPS) is 15.2. The third-order valence-corrected chi connectivity index (χ3v) is 2.09. The van der Waals surface area contributed by atoms with Crippen LogP contribution in [-0.2, 0) is 11.3 Å². The fourth-order valence-electron chi connectivity index (χ4n) is 1.33. The van der Waals surface area contributed by atoms with Gasteiger partial charge in [-0.1, -0.05) is 18.2 Å². The standard InChI is InChI=1S/C8H5BF3O2/c10-9(11,12)6-2-1-5-4-14-8(13)7(5)3-6/h1-3H,4H2/q-1. The number of ether oxygens (including phenoxy) is 1. The van der Waals surface area contributed by atoms with E-state index in [1.54, 1.807) is 0 Å². The Kier molecular flexibility index (Phi) is 1.80.